The molecule has 0 atom stereocenters. The molecular weight excluding hydrogens is 554 g/mol. The summed E-state index contributed by atoms with van der Waals surface area (Å²) in [7, 11) is -2.22. The lowest BCUT2D eigenvalue weighted by atomic mass is 9.86. The maximum atomic E-state index is 13.5. The number of sulfonamides is 1. The van der Waals surface area contributed by atoms with E-state index in [-0.39, 0.29) is 28.3 Å². The average molecular weight is 590 g/mol. The zero-order valence-electron chi connectivity index (χ0n) is 25.0. The molecule has 4 rings (SSSR count). The number of nitrogens with zero attached hydrogens (tertiary/aromatic N) is 3. The van der Waals surface area contributed by atoms with Crippen molar-refractivity contribution in [2.75, 3.05) is 23.4 Å². The first kappa shape index (κ1) is 30.4. The van der Waals surface area contributed by atoms with E-state index in [4.69, 9.17) is 4.74 Å². The van der Waals surface area contributed by atoms with Crippen LogP contribution in [0.2, 0.25) is 0 Å². The van der Waals surface area contributed by atoms with E-state index in [2.05, 4.69) is 20.4 Å². The summed E-state index contributed by atoms with van der Waals surface area (Å²) in [5.74, 6) is -0.495. The lowest BCUT2D eigenvalue weighted by Crippen LogP contribution is -2.18. The molecule has 4 aromatic rings. The third-order valence-corrected chi connectivity index (χ3v) is 7.45. The molecule has 1 aromatic heterocycles. The predicted molar refractivity (Wildman–Crippen MR) is 164 cm³/mol. The number of rotatable bonds is 8. The summed E-state index contributed by atoms with van der Waals surface area (Å²) >= 11 is 0. The number of benzene rings is 3. The molecule has 2 N–H and O–H groups in total. The smallest absolute Gasteiger partial charge is 0.255 e. The quantitative estimate of drug-likeness (QED) is 0.265. The second-order valence-corrected chi connectivity index (χ2v) is 13.1. The Bertz CT molecular complexity index is 1780. The van der Waals surface area contributed by atoms with Crippen molar-refractivity contribution in [3.05, 3.63) is 93.8 Å². The Morgan fingerprint density at radius 1 is 0.929 bits per heavy atom. The van der Waals surface area contributed by atoms with Crippen LogP contribution in [-0.4, -0.2) is 48.5 Å². The van der Waals surface area contributed by atoms with E-state index in [9.17, 15) is 18.0 Å². The third-order valence-electron chi connectivity index (χ3n) is 6.85. The molecule has 0 saturated carbocycles. The van der Waals surface area contributed by atoms with Crippen LogP contribution in [0.4, 0.5) is 11.4 Å². The minimum absolute atomic E-state index is 0.181. The van der Waals surface area contributed by atoms with Gasteiger partial charge in [0, 0.05) is 11.1 Å². The van der Waals surface area contributed by atoms with Gasteiger partial charge in [-0.2, -0.15) is 0 Å². The summed E-state index contributed by atoms with van der Waals surface area (Å²) < 4.78 is 33.6. The summed E-state index contributed by atoms with van der Waals surface area (Å²) in [5.41, 5.74) is 5.15. The molecule has 42 heavy (non-hydrogen) atoms. The monoisotopic (exact) mass is 589 g/mol. The molecule has 1 heterocycles. The Kier molecular flexibility index (Phi) is 8.27. The van der Waals surface area contributed by atoms with Gasteiger partial charge in [-0.1, -0.05) is 50.3 Å². The fourth-order valence-corrected chi connectivity index (χ4v) is 5.18. The van der Waals surface area contributed by atoms with Crippen LogP contribution in [0.1, 0.15) is 69.4 Å². The predicted octanol–water partition coefficient (Wildman–Crippen LogP) is 5.35. The van der Waals surface area contributed by atoms with E-state index >= 15 is 0 Å². The summed E-state index contributed by atoms with van der Waals surface area (Å²) in [5, 5.41) is 11.2. The minimum Gasteiger partial charge on any atom is -0.492 e. The molecule has 0 aliphatic carbocycles. The highest BCUT2D eigenvalue weighted by Crippen LogP contribution is 2.39. The number of ether oxygens (including phenoxy) is 1. The van der Waals surface area contributed by atoms with Gasteiger partial charge in [-0.05, 0) is 72.7 Å². The van der Waals surface area contributed by atoms with Crippen molar-refractivity contribution in [2.24, 2.45) is 0 Å². The van der Waals surface area contributed by atoms with Gasteiger partial charge in [-0.15, -0.1) is 5.10 Å². The SMILES string of the molecule is COc1c(NC(=O)c2ccc(C)c(-n3cc(C(=O)c4c(C)cccc4C)nn3)c2)cc(C(C)(C)C)cc1NS(C)(=O)=O. The first-order valence-corrected chi connectivity index (χ1v) is 15.1. The second kappa shape index (κ2) is 11.4. The van der Waals surface area contributed by atoms with Crippen LogP contribution in [0.15, 0.2) is 54.7 Å². The van der Waals surface area contributed by atoms with Gasteiger partial charge in [0.2, 0.25) is 15.8 Å². The fraction of sp³-hybridized carbons (Fsp3) is 0.290. The number of carbonyl (C=O) groups excluding carboxylic acids is 2. The van der Waals surface area contributed by atoms with Gasteiger partial charge >= 0.3 is 0 Å². The van der Waals surface area contributed by atoms with Crippen molar-refractivity contribution >= 4 is 33.1 Å². The molecular formula is C31H35N5O5S. The number of aromatic nitrogens is 3. The lowest BCUT2D eigenvalue weighted by molar-refractivity contribution is 0.102. The molecule has 1 amide bonds. The normalized spacial score (nSPS) is 11.7. The summed E-state index contributed by atoms with van der Waals surface area (Å²) in [4.78, 5) is 26.7. The molecule has 0 saturated heterocycles. The van der Waals surface area contributed by atoms with Gasteiger partial charge in [0.15, 0.2) is 11.4 Å². The highest BCUT2D eigenvalue weighted by Gasteiger charge is 2.23. The number of methoxy groups -OCH3 is 1. The van der Waals surface area contributed by atoms with Crippen LogP contribution >= 0.6 is 0 Å². The number of nitrogens with one attached hydrogen (secondary N) is 2. The number of amides is 1. The van der Waals surface area contributed by atoms with Gasteiger partial charge in [-0.25, -0.2) is 13.1 Å². The van der Waals surface area contributed by atoms with Gasteiger partial charge in [-0.3, -0.25) is 14.3 Å². The standard InChI is InChI=1S/C31H35N5O5S/c1-18-12-13-21(14-26(18)36-17-25(33-35-36)28(37)27-19(2)10-9-11-20(27)3)30(38)32-23-15-22(31(4,5)6)16-24(29(23)41-7)34-42(8,39)40/h9-17,34H,1-8H3,(H,32,38). The van der Waals surface area contributed by atoms with E-state index in [0.29, 0.717) is 22.5 Å². The molecule has 0 fully saturated rings. The van der Waals surface area contributed by atoms with Crippen LogP contribution in [0, 0.1) is 20.8 Å². The number of ketones is 1. The Hall–Kier alpha value is -4.51. The molecule has 0 bridgehead atoms. The summed E-state index contributed by atoms with van der Waals surface area (Å²) in [6.45, 7) is 11.6. The van der Waals surface area contributed by atoms with Crippen LogP contribution < -0.4 is 14.8 Å². The zero-order chi connectivity index (χ0) is 31.0. The Morgan fingerprint density at radius 3 is 2.17 bits per heavy atom. The molecule has 3 aromatic carbocycles. The Morgan fingerprint density at radius 2 is 1.57 bits per heavy atom. The molecule has 0 spiro atoms. The molecule has 0 unspecified atom stereocenters. The number of anilines is 2. The number of aryl methyl sites for hydroxylation is 3. The molecule has 220 valence electrons. The second-order valence-electron chi connectivity index (χ2n) is 11.3. The van der Waals surface area contributed by atoms with Gasteiger partial charge in [0.05, 0.1) is 36.6 Å². The van der Waals surface area contributed by atoms with Crippen molar-refractivity contribution < 1.29 is 22.7 Å². The minimum atomic E-state index is -3.62. The zero-order valence-corrected chi connectivity index (χ0v) is 25.8. The fourth-order valence-electron chi connectivity index (χ4n) is 4.63. The summed E-state index contributed by atoms with van der Waals surface area (Å²) in [6, 6.07) is 14.2. The number of hydrogen-bond acceptors (Lipinski definition) is 7. The van der Waals surface area contributed by atoms with Gasteiger partial charge in [0.25, 0.3) is 5.91 Å². The van der Waals surface area contributed by atoms with Crippen molar-refractivity contribution in [2.45, 2.75) is 47.0 Å². The lowest BCUT2D eigenvalue weighted by Gasteiger charge is -2.24. The van der Waals surface area contributed by atoms with Crippen molar-refractivity contribution in [3.8, 4) is 11.4 Å². The van der Waals surface area contributed by atoms with Crippen LogP contribution in [0.25, 0.3) is 5.69 Å². The van der Waals surface area contributed by atoms with E-state index in [1.807, 2.05) is 59.7 Å². The number of hydrogen-bond donors (Lipinski definition) is 2. The van der Waals surface area contributed by atoms with E-state index in [1.54, 1.807) is 36.5 Å². The van der Waals surface area contributed by atoms with E-state index in [1.165, 1.54) is 11.8 Å². The first-order chi connectivity index (χ1) is 19.6. The molecule has 0 radical (unpaired) electrons. The molecule has 10 nitrogen and oxygen atoms in total. The van der Waals surface area contributed by atoms with Crippen molar-refractivity contribution in [3.63, 3.8) is 0 Å². The summed E-state index contributed by atoms with van der Waals surface area (Å²) in [6.07, 6.45) is 2.60. The number of carbonyl (C=O) groups is 2. The largest absolute Gasteiger partial charge is 0.492 e. The van der Waals surface area contributed by atoms with E-state index in [0.717, 1.165) is 28.5 Å². The molecule has 0 aliphatic heterocycles. The van der Waals surface area contributed by atoms with Gasteiger partial charge in [0.1, 0.15) is 0 Å². The Balaban J connectivity index is 1.69. The van der Waals surface area contributed by atoms with Gasteiger partial charge < -0.3 is 10.1 Å². The van der Waals surface area contributed by atoms with Crippen LogP contribution in [0.3, 0.4) is 0 Å². The first-order valence-electron chi connectivity index (χ1n) is 13.2. The highest BCUT2D eigenvalue weighted by molar-refractivity contribution is 7.92. The van der Waals surface area contributed by atoms with Crippen molar-refractivity contribution in [1.82, 2.24) is 15.0 Å². The maximum Gasteiger partial charge on any atom is 0.255 e. The van der Waals surface area contributed by atoms with Crippen LogP contribution in [-0.2, 0) is 15.4 Å². The molecule has 0 aliphatic rings. The topological polar surface area (TPSA) is 132 Å². The maximum absolute atomic E-state index is 13.5. The van der Waals surface area contributed by atoms with Crippen LogP contribution in [0.5, 0.6) is 5.75 Å². The highest BCUT2D eigenvalue weighted by atomic mass is 32.2. The average Bonchev–Trinajstić information content (AvgIpc) is 3.37. The molecule has 11 heteroatoms. The third kappa shape index (κ3) is 6.52. The van der Waals surface area contributed by atoms with E-state index < -0.39 is 15.9 Å². The Labute approximate surface area is 246 Å². The van der Waals surface area contributed by atoms with Crippen molar-refractivity contribution in [1.29, 1.82) is 0 Å².